The molecule has 3 rings (SSSR count). The van der Waals surface area contributed by atoms with Gasteiger partial charge >= 0.3 is 0 Å². The van der Waals surface area contributed by atoms with Gasteiger partial charge in [-0.1, -0.05) is 54.1 Å². The first-order valence-electron chi connectivity index (χ1n) is 7.34. The highest BCUT2D eigenvalue weighted by Crippen LogP contribution is 2.25. The molecule has 114 valence electrons. The van der Waals surface area contributed by atoms with Crippen molar-refractivity contribution in [1.29, 1.82) is 0 Å². The molecule has 0 fully saturated rings. The van der Waals surface area contributed by atoms with Gasteiger partial charge in [0.1, 0.15) is 0 Å². The number of halogens is 1. The number of ketones is 1. The maximum Gasteiger partial charge on any atom is 0.170 e. The van der Waals surface area contributed by atoms with Gasteiger partial charge in [0.05, 0.1) is 12.1 Å². The lowest BCUT2D eigenvalue weighted by atomic mass is 9.86. The molecule has 0 spiro atoms. The number of aromatic nitrogens is 2. The quantitative estimate of drug-likeness (QED) is 0.656. The molecular weight excluding hydrogens is 308 g/mol. The monoisotopic (exact) mass is 322 g/mol. The maximum absolute atomic E-state index is 12.9. The first-order chi connectivity index (χ1) is 11.2. The van der Waals surface area contributed by atoms with E-state index in [4.69, 9.17) is 11.6 Å². The molecule has 3 nitrogen and oxygen atoms in total. The van der Waals surface area contributed by atoms with E-state index in [-0.39, 0.29) is 11.7 Å². The summed E-state index contributed by atoms with van der Waals surface area (Å²) in [6.07, 6.45) is 3.86. The summed E-state index contributed by atoms with van der Waals surface area (Å²) in [5.74, 6) is -0.220. The Hall–Kier alpha value is -2.52. The van der Waals surface area contributed by atoms with Gasteiger partial charge in [-0.3, -0.25) is 4.79 Å². The molecule has 0 saturated carbocycles. The van der Waals surface area contributed by atoms with Crippen LogP contribution in [-0.2, 0) is 6.42 Å². The first kappa shape index (κ1) is 15.4. The van der Waals surface area contributed by atoms with Gasteiger partial charge in [0.2, 0.25) is 0 Å². The molecule has 1 heterocycles. The third-order valence-corrected chi connectivity index (χ3v) is 3.99. The fourth-order valence-corrected chi connectivity index (χ4v) is 2.65. The molecule has 0 saturated heterocycles. The number of Topliss-reactive ketones (excluding diaryl/α,β-unsaturated/α-hetero) is 1. The van der Waals surface area contributed by atoms with Crippen LogP contribution in [0.4, 0.5) is 0 Å². The van der Waals surface area contributed by atoms with E-state index in [9.17, 15) is 4.79 Å². The summed E-state index contributed by atoms with van der Waals surface area (Å²) in [5.41, 5.74) is 2.62. The summed E-state index contributed by atoms with van der Waals surface area (Å²) in [6.45, 7) is 0. The van der Waals surface area contributed by atoms with E-state index < -0.39 is 0 Å². The van der Waals surface area contributed by atoms with Gasteiger partial charge in [-0.2, -0.15) is 10.2 Å². The van der Waals surface area contributed by atoms with Crippen molar-refractivity contribution in [3.05, 3.63) is 94.8 Å². The summed E-state index contributed by atoms with van der Waals surface area (Å²) in [4.78, 5) is 12.9. The van der Waals surface area contributed by atoms with E-state index >= 15 is 0 Å². The van der Waals surface area contributed by atoms with Crippen molar-refractivity contribution in [2.24, 2.45) is 0 Å². The van der Waals surface area contributed by atoms with Crippen LogP contribution in [0.25, 0.3) is 0 Å². The second-order valence-corrected chi connectivity index (χ2v) is 5.73. The molecule has 23 heavy (non-hydrogen) atoms. The molecule has 2 aromatic carbocycles. The van der Waals surface area contributed by atoms with E-state index in [0.29, 0.717) is 17.0 Å². The lowest BCUT2D eigenvalue weighted by molar-refractivity contribution is 0.0958. The third-order valence-electron chi connectivity index (χ3n) is 3.74. The van der Waals surface area contributed by atoms with E-state index in [1.54, 1.807) is 12.4 Å². The average Bonchev–Trinajstić information content (AvgIpc) is 2.62. The maximum atomic E-state index is 12.9. The van der Waals surface area contributed by atoms with Crippen LogP contribution in [0.3, 0.4) is 0 Å². The highest BCUT2D eigenvalue weighted by Gasteiger charge is 2.22. The van der Waals surface area contributed by atoms with Crippen LogP contribution >= 0.6 is 11.6 Å². The Kier molecular flexibility index (Phi) is 4.79. The number of nitrogens with zero attached hydrogens (tertiary/aromatic N) is 2. The minimum atomic E-state index is -0.297. The van der Waals surface area contributed by atoms with Crippen LogP contribution in [0.5, 0.6) is 0 Å². The lowest BCUT2D eigenvalue weighted by Gasteiger charge is -2.16. The predicted molar refractivity (Wildman–Crippen MR) is 90.7 cm³/mol. The summed E-state index contributed by atoms with van der Waals surface area (Å²) in [7, 11) is 0. The van der Waals surface area contributed by atoms with Crippen LogP contribution in [0.15, 0.2) is 73.1 Å². The number of rotatable bonds is 5. The second kappa shape index (κ2) is 7.16. The fraction of sp³-hybridized carbons (Fsp3) is 0.105. The third kappa shape index (κ3) is 3.82. The van der Waals surface area contributed by atoms with E-state index in [1.807, 2.05) is 60.7 Å². The van der Waals surface area contributed by atoms with Crippen LogP contribution in [-0.4, -0.2) is 16.0 Å². The molecule has 3 aromatic rings. The summed E-state index contributed by atoms with van der Waals surface area (Å²) >= 11 is 5.94. The van der Waals surface area contributed by atoms with E-state index in [2.05, 4.69) is 10.2 Å². The Morgan fingerprint density at radius 2 is 1.70 bits per heavy atom. The number of benzene rings is 2. The van der Waals surface area contributed by atoms with Crippen molar-refractivity contribution in [3.63, 3.8) is 0 Å². The SMILES string of the molecule is O=C(c1ccccc1)C(Cc1ccc(Cl)cc1)c1ccnnc1. The summed E-state index contributed by atoms with van der Waals surface area (Å²) < 4.78 is 0. The van der Waals surface area contributed by atoms with Crippen LogP contribution in [0.2, 0.25) is 5.02 Å². The number of carbonyl (C=O) groups is 1. The van der Waals surface area contributed by atoms with Crippen molar-refractivity contribution in [3.8, 4) is 0 Å². The molecule has 0 aliphatic heterocycles. The molecule has 0 amide bonds. The molecule has 0 aliphatic rings. The largest absolute Gasteiger partial charge is 0.293 e. The highest BCUT2D eigenvalue weighted by molar-refractivity contribution is 6.30. The smallest absolute Gasteiger partial charge is 0.170 e. The topological polar surface area (TPSA) is 42.9 Å². The zero-order valence-corrected chi connectivity index (χ0v) is 13.1. The van der Waals surface area contributed by atoms with E-state index in [1.165, 1.54) is 0 Å². The van der Waals surface area contributed by atoms with Crippen molar-refractivity contribution in [2.75, 3.05) is 0 Å². The van der Waals surface area contributed by atoms with Gasteiger partial charge in [0, 0.05) is 16.8 Å². The molecule has 1 aromatic heterocycles. The highest BCUT2D eigenvalue weighted by atomic mass is 35.5. The molecule has 1 atom stereocenters. The first-order valence-corrected chi connectivity index (χ1v) is 7.72. The van der Waals surface area contributed by atoms with Crippen molar-refractivity contribution in [1.82, 2.24) is 10.2 Å². The minimum absolute atomic E-state index is 0.0774. The van der Waals surface area contributed by atoms with Crippen LogP contribution in [0, 0.1) is 0 Å². The lowest BCUT2D eigenvalue weighted by Crippen LogP contribution is -2.16. The Bertz CT molecular complexity index is 773. The molecule has 0 bridgehead atoms. The zero-order valence-electron chi connectivity index (χ0n) is 12.4. The van der Waals surface area contributed by atoms with E-state index in [0.717, 1.165) is 11.1 Å². The molecule has 0 radical (unpaired) electrons. The Labute approximate surface area is 140 Å². The zero-order chi connectivity index (χ0) is 16.1. The molecule has 0 N–H and O–H groups in total. The minimum Gasteiger partial charge on any atom is -0.293 e. The van der Waals surface area contributed by atoms with Crippen LogP contribution < -0.4 is 0 Å². The molecule has 4 heteroatoms. The number of hydrogen-bond donors (Lipinski definition) is 0. The molecular formula is C19H15ClN2O. The average molecular weight is 323 g/mol. The van der Waals surface area contributed by atoms with Gasteiger partial charge < -0.3 is 0 Å². The van der Waals surface area contributed by atoms with Crippen molar-refractivity contribution >= 4 is 17.4 Å². The van der Waals surface area contributed by atoms with Gasteiger partial charge in [0.25, 0.3) is 0 Å². The molecule has 1 unspecified atom stereocenters. The number of carbonyl (C=O) groups excluding carboxylic acids is 1. The number of hydrogen-bond acceptors (Lipinski definition) is 3. The fourth-order valence-electron chi connectivity index (χ4n) is 2.53. The Morgan fingerprint density at radius 1 is 0.957 bits per heavy atom. The Balaban J connectivity index is 1.94. The second-order valence-electron chi connectivity index (χ2n) is 5.29. The molecule has 0 aliphatic carbocycles. The standard InChI is InChI=1S/C19H15ClN2O/c20-17-8-6-14(7-9-17)12-18(16-10-11-21-22-13-16)19(23)15-4-2-1-3-5-15/h1-11,13,18H,12H2. The van der Waals surface area contributed by atoms with Crippen molar-refractivity contribution < 1.29 is 4.79 Å². The van der Waals surface area contributed by atoms with Gasteiger partial charge in [-0.05, 0) is 35.7 Å². The van der Waals surface area contributed by atoms with Gasteiger partial charge in [-0.15, -0.1) is 0 Å². The van der Waals surface area contributed by atoms with Crippen LogP contribution in [0.1, 0.15) is 27.4 Å². The summed E-state index contributed by atoms with van der Waals surface area (Å²) in [5, 5.41) is 8.40. The normalized spacial score (nSPS) is 11.9. The predicted octanol–water partition coefficient (Wildman–Crippen LogP) is 4.34. The van der Waals surface area contributed by atoms with Crippen molar-refractivity contribution in [2.45, 2.75) is 12.3 Å². The van der Waals surface area contributed by atoms with Gasteiger partial charge in [0.15, 0.2) is 5.78 Å². The Morgan fingerprint density at radius 3 is 2.35 bits per heavy atom. The van der Waals surface area contributed by atoms with Gasteiger partial charge in [-0.25, -0.2) is 0 Å². The summed E-state index contributed by atoms with van der Waals surface area (Å²) in [6, 6.07) is 18.7.